The van der Waals surface area contributed by atoms with Crippen molar-refractivity contribution >= 4 is 11.7 Å². The molecule has 2 heterocycles. The van der Waals surface area contributed by atoms with Crippen LogP contribution in [-0.2, 0) is 22.4 Å². The van der Waals surface area contributed by atoms with Gasteiger partial charge in [-0.05, 0) is 37.3 Å². The summed E-state index contributed by atoms with van der Waals surface area (Å²) in [6.07, 6.45) is 4.24. The smallest absolute Gasteiger partial charge is 0.217 e. The number of hydrogen-bond acceptors (Lipinski definition) is 4. The molecule has 0 fully saturated rings. The van der Waals surface area contributed by atoms with Crippen LogP contribution in [0.2, 0.25) is 0 Å². The first-order valence-electron chi connectivity index (χ1n) is 7.21. The standard InChI is InChI=1S/C15H23N3O2/c1-20-11-10-18-9-3-4-12-7-8-13(17-15(12)18)5-2-6-14(16)19/h7-8H,2-6,9-11H2,1H3,(H2,16,19). The molecule has 0 saturated heterocycles. The molecule has 110 valence electrons. The van der Waals surface area contributed by atoms with Gasteiger partial charge in [0, 0.05) is 32.3 Å². The number of carbonyl (C=O) groups is 1. The molecule has 0 aromatic carbocycles. The van der Waals surface area contributed by atoms with Gasteiger partial charge >= 0.3 is 0 Å². The van der Waals surface area contributed by atoms with E-state index in [2.05, 4.69) is 17.0 Å². The highest BCUT2D eigenvalue weighted by Crippen LogP contribution is 2.25. The van der Waals surface area contributed by atoms with Gasteiger partial charge in [0.1, 0.15) is 5.82 Å². The number of nitrogens with zero attached hydrogens (tertiary/aromatic N) is 2. The van der Waals surface area contributed by atoms with Gasteiger partial charge in [0.15, 0.2) is 0 Å². The Morgan fingerprint density at radius 2 is 2.35 bits per heavy atom. The molecule has 0 aliphatic carbocycles. The summed E-state index contributed by atoms with van der Waals surface area (Å²) in [7, 11) is 1.72. The predicted molar refractivity (Wildman–Crippen MR) is 78.8 cm³/mol. The molecule has 1 aliphatic heterocycles. The fraction of sp³-hybridized carbons (Fsp3) is 0.600. The Balaban J connectivity index is 2.04. The van der Waals surface area contributed by atoms with Crippen LogP contribution < -0.4 is 10.6 Å². The zero-order valence-electron chi connectivity index (χ0n) is 12.1. The largest absolute Gasteiger partial charge is 0.383 e. The molecule has 0 bridgehead atoms. The number of methoxy groups -OCH3 is 1. The van der Waals surface area contributed by atoms with Gasteiger partial charge in [0.05, 0.1) is 6.61 Å². The number of carbonyl (C=O) groups excluding carboxylic acids is 1. The molecule has 2 rings (SSSR count). The molecule has 5 heteroatoms. The molecular weight excluding hydrogens is 254 g/mol. The molecule has 0 unspecified atom stereocenters. The normalized spacial score (nSPS) is 14.2. The van der Waals surface area contributed by atoms with Crippen molar-refractivity contribution in [3.63, 3.8) is 0 Å². The van der Waals surface area contributed by atoms with Crippen LogP contribution >= 0.6 is 0 Å². The molecule has 1 aromatic heterocycles. The number of nitrogens with two attached hydrogens (primary N) is 1. The summed E-state index contributed by atoms with van der Waals surface area (Å²) in [4.78, 5) is 17.8. The van der Waals surface area contributed by atoms with E-state index in [1.807, 2.05) is 0 Å². The molecule has 0 spiro atoms. The van der Waals surface area contributed by atoms with E-state index < -0.39 is 0 Å². The van der Waals surface area contributed by atoms with E-state index in [0.717, 1.165) is 43.9 Å². The SMILES string of the molecule is COCCN1CCCc2ccc(CCCC(N)=O)nc21. The third-order valence-corrected chi connectivity index (χ3v) is 3.61. The Morgan fingerprint density at radius 1 is 1.50 bits per heavy atom. The van der Waals surface area contributed by atoms with Gasteiger partial charge in [0.25, 0.3) is 0 Å². The van der Waals surface area contributed by atoms with Gasteiger partial charge in [0.2, 0.25) is 5.91 Å². The maximum atomic E-state index is 10.8. The quantitative estimate of drug-likeness (QED) is 0.815. The average Bonchev–Trinajstić information content (AvgIpc) is 2.44. The van der Waals surface area contributed by atoms with E-state index in [1.54, 1.807) is 7.11 Å². The monoisotopic (exact) mass is 277 g/mol. The number of hydrogen-bond donors (Lipinski definition) is 1. The van der Waals surface area contributed by atoms with Crippen molar-refractivity contribution in [3.8, 4) is 0 Å². The number of anilines is 1. The number of aryl methyl sites for hydroxylation is 2. The summed E-state index contributed by atoms with van der Waals surface area (Å²) in [6, 6.07) is 4.24. The van der Waals surface area contributed by atoms with Crippen LogP contribution in [0.4, 0.5) is 5.82 Å². The second kappa shape index (κ2) is 7.24. The summed E-state index contributed by atoms with van der Waals surface area (Å²) < 4.78 is 5.16. The van der Waals surface area contributed by atoms with E-state index in [4.69, 9.17) is 15.5 Å². The van der Waals surface area contributed by atoms with E-state index in [-0.39, 0.29) is 5.91 Å². The van der Waals surface area contributed by atoms with E-state index in [9.17, 15) is 4.79 Å². The number of aromatic nitrogens is 1. The van der Waals surface area contributed by atoms with Crippen LogP contribution in [0, 0.1) is 0 Å². The number of fused-ring (bicyclic) bond motifs is 1. The summed E-state index contributed by atoms with van der Waals surface area (Å²) in [6.45, 7) is 2.63. The fourth-order valence-corrected chi connectivity index (χ4v) is 2.55. The summed E-state index contributed by atoms with van der Waals surface area (Å²) in [5, 5.41) is 0. The highest BCUT2D eigenvalue weighted by molar-refractivity contribution is 5.73. The molecule has 0 radical (unpaired) electrons. The molecule has 1 aliphatic rings. The van der Waals surface area contributed by atoms with Crippen LogP contribution in [0.5, 0.6) is 0 Å². The van der Waals surface area contributed by atoms with Gasteiger partial charge in [-0.1, -0.05) is 6.07 Å². The van der Waals surface area contributed by atoms with Crippen LogP contribution in [0.15, 0.2) is 12.1 Å². The molecule has 20 heavy (non-hydrogen) atoms. The van der Waals surface area contributed by atoms with Crippen LogP contribution in [0.25, 0.3) is 0 Å². The van der Waals surface area contributed by atoms with Crippen molar-refractivity contribution in [2.24, 2.45) is 5.73 Å². The first-order chi connectivity index (χ1) is 9.70. The minimum absolute atomic E-state index is 0.246. The molecule has 0 saturated carbocycles. The number of pyridine rings is 1. The van der Waals surface area contributed by atoms with Gasteiger partial charge in [-0.3, -0.25) is 4.79 Å². The van der Waals surface area contributed by atoms with Crippen molar-refractivity contribution in [3.05, 3.63) is 23.4 Å². The minimum Gasteiger partial charge on any atom is -0.383 e. The average molecular weight is 277 g/mol. The third-order valence-electron chi connectivity index (χ3n) is 3.61. The lowest BCUT2D eigenvalue weighted by Crippen LogP contribution is -2.33. The number of rotatable bonds is 7. The van der Waals surface area contributed by atoms with Crippen molar-refractivity contribution < 1.29 is 9.53 Å². The second-order valence-corrected chi connectivity index (χ2v) is 5.19. The Kier molecular flexibility index (Phi) is 5.35. The van der Waals surface area contributed by atoms with Gasteiger partial charge < -0.3 is 15.4 Å². The Hall–Kier alpha value is -1.62. The Bertz CT molecular complexity index is 462. The summed E-state index contributed by atoms with van der Waals surface area (Å²) in [5.74, 6) is 0.842. The molecule has 5 nitrogen and oxygen atoms in total. The Labute approximate surface area is 120 Å². The minimum atomic E-state index is -0.246. The lowest BCUT2D eigenvalue weighted by Gasteiger charge is -2.30. The molecule has 0 atom stereocenters. The Morgan fingerprint density at radius 3 is 3.10 bits per heavy atom. The van der Waals surface area contributed by atoms with Crippen LogP contribution in [-0.4, -0.2) is 37.7 Å². The van der Waals surface area contributed by atoms with Gasteiger partial charge in [-0.2, -0.15) is 0 Å². The zero-order valence-corrected chi connectivity index (χ0v) is 12.1. The molecule has 2 N–H and O–H groups in total. The van der Waals surface area contributed by atoms with Crippen molar-refractivity contribution in [2.45, 2.75) is 32.1 Å². The number of primary amides is 1. The lowest BCUT2D eigenvalue weighted by molar-refractivity contribution is -0.118. The molecule has 1 aromatic rings. The summed E-state index contributed by atoms with van der Waals surface area (Å²) in [5.41, 5.74) is 7.51. The molecule has 1 amide bonds. The van der Waals surface area contributed by atoms with Crippen LogP contribution in [0.1, 0.15) is 30.5 Å². The first-order valence-corrected chi connectivity index (χ1v) is 7.21. The number of ether oxygens (including phenoxy) is 1. The summed E-state index contributed by atoms with van der Waals surface area (Å²) >= 11 is 0. The zero-order chi connectivity index (χ0) is 14.4. The van der Waals surface area contributed by atoms with Gasteiger partial charge in [-0.25, -0.2) is 4.98 Å². The number of amides is 1. The highest BCUT2D eigenvalue weighted by Gasteiger charge is 2.18. The second-order valence-electron chi connectivity index (χ2n) is 5.19. The van der Waals surface area contributed by atoms with Crippen molar-refractivity contribution in [1.29, 1.82) is 0 Å². The van der Waals surface area contributed by atoms with E-state index >= 15 is 0 Å². The first kappa shape index (κ1) is 14.8. The van der Waals surface area contributed by atoms with E-state index in [0.29, 0.717) is 13.0 Å². The highest BCUT2D eigenvalue weighted by atomic mass is 16.5. The van der Waals surface area contributed by atoms with Crippen LogP contribution in [0.3, 0.4) is 0 Å². The maximum absolute atomic E-state index is 10.8. The predicted octanol–water partition coefficient (Wildman–Crippen LogP) is 1.29. The van der Waals surface area contributed by atoms with Crippen molar-refractivity contribution in [2.75, 3.05) is 31.7 Å². The lowest BCUT2D eigenvalue weighted by atomic mass is 10.0. The van der Waals surface area contributed by atoms with Crippen molar-refractivity contribution in [1.82, 2.24) is 4.98 Å². The van der Waals surface area contributed by atoms with E-state index in [1.165, 1.54) is 12.0 Å². The topological polar surface area (TPSA) is 68.5 Å². The maximum Gasteiger partial charge on any atom is 0.217 e. The third kappa shape index (κ3) is 3.93. The molecular formula is C15H23N3O2. The van der Waals surface area contributed by atoms with Gasteiger partial charge in [-0.15, -0.1) is 0 Å². The fourth-order valence-electron chi connectivity index (χ4n) is 2.55.